The van der Waals surface area contributed by atoms with Gasteiger partial charge in [-0.15, -0.1) is 0 Å². The largest absolute Gasteiger partial charge is 0.366 e. The third kappa shape index (κ3) is 2.50. The van der Waals surface area contributed by atoms with Crippen LogP contribution < -0.4 is 10.2 Å². The van der Waals surface area contributed by atoms with Gasteiger partial charge in [0, 0.05) is 31.2 Å². The van der Waals surface area contributed by atoms with Crippen LogP contribution in [0, 0.1) is 17.6 Å². The van der Waals surface area contributed by atoms with Crippen LogP contribution in [0.3, 0.4) is 0 Å². The second-order valence-corrected chi connectivity index (χ2v) is 6.61. The molecule has 1 aromatic carbocycles. The minimum Gasteiger partial charge on any atom is -0.366 e. The summed E-state index contributed by atoms with van der Waals surface area (Å²) in [7, 11) is 0. The summed E-state index contributed by atoms with van der Waals surface area (Å²) >= 11 is 3.13. The molecule has 1 aliphatic carbocycles. The lowest BCUT2D eigenvalue weighted by molar-refractivity contribution is 0.284. The number of benzene rings is 1. The molecule has 1 saturated heterocycles. The second kappa shape index (κ2) is 4.70. The van der Waals surface area contributed by atoms with Crippen LogP contribution in [0.1, 0.15) is 19.8 Å². The summed E-state index contributed by atoms with van der Waals surface area (Å²) in [5.74, 6) is -0.357. The van der Waals surface area contributed by atoms with Gasteiger partial charge in [-0.2, -0.15) is 0 Å². The summed E-state index contributed by atoms with van der Waals surface area (Å²) < 4.78 is 27.6. The van der Waals surface area contributed by atoms with E-state index >= 15 is 0 Å². The van der Waals surface area contributed by atoms with Crippen molar-refractivity contribution in [3.63, 3.8) is 0 Å². The van der Waals surface area contributed by atoms with Crippen LogP contribution in [0.15, 0.2) is 16.6 Å². The van der Waals surface area contributed by atoms with Crippen molar-refractivity contribution >= 4 is 21.6 Å². The Bertz CT molecular complexity index is 504. The topological polar surface area (TPSA) is 15.3 Å². The first kappa shape index (κ1) is 13.3. The van der Waals surface area contributed by atoms with Gasteiger partial charge in [0.15, 0.2) is 0 Å². The van der Waals surface area contributed by atoms with Crippen molar-refractivity contribution in [3.05, 3.63) is 28.2 Å². The first-order chi connectivity index (χ1) is 8.99. The number of halogens is 3. The molecule has 2 fully saturated rings. The monoisotopic (exact) mass is 330 g/mol. The fraction of sp³-hybridized carbons (Fsp3) is 0.571. The van der Waals surface area contributed by atoms with E-state index in [2.05, 4.69) is 28.2 Å². The highest BCUT2D eigenvalue weighted by Gasteiger charge is 2.44. The van der Waals surface area contributed by atoms with Crippen LogP contribution in [0.25, 0.3) is 0 Å². The Morgan fingerprint density at radius 3 is 2.74 bits per heavy atom. The molecule has 1 heterocycles. The predicted octanol–water partition coefficient (Wildman–Crippen LogP) is 3.31. The Morgan fingerprint density at radius 2 is 2.05 bits per heavy atom. The molecule has 2 nitrogen and oxygen atoms in total. The lowest BCUT2D eigenvalue weighted by atomic mass is 9.92. The maximum absolute atomic E-state index is 14.0. The van der Waals surface area contributed by atoms with Gasteiger partial charge >= 0.3 is 0 Å². The van der Waals surface area contributed by atoms with Crippen LogP contribution in [0.5, 0.6) is 0 Å². The normalized spacial score (nSPS) is 27.7. The van der Waals surface area contributed by atoms with E-state index in [-0.39, 0.29) is 5.54 Å². The molecule has 0 spiro atoms. The molecule has 0 aromatic heterocycles. The van der Waals surface area contributed by atoms with Gasteiger partial charge in [0.1, 0.15) is 11.6 Å². The highest BCUT2D eigenvalue weighted by molar-refractivity contribution is 9.10. The minimum absolute atomic E-state index is 0.0472. The Hall–Kier alpha value is -0.680. The molecule has 2 aliphatic rings. The molecule has 1 saturated carbocycles. The molecular formula is C14H17BrF2N2. The zero-order chi connectivity index (χ0) is 13.6. The third-order valence-corrected chi connectivity index (χ3v) is 4.85. The Labute approximate surface area is 120 Å². The summed E-state index contributed by atoms with van der Waals surface area (Å²) in [5.41, 5.74) is 0.535. The maximum Gasteiger partial charge on any atom is 0.149 e. The number of hydrogen-bond acceptors (Lipinski definition) is 2. The van der Waals surface area contributed by atoms with Crippen molar-refractivity contribution in [3.8, 4) is 0 Å². The lowest BCUT2D eigenvalue weighted by Gasteiger charge is -2.43. The van der Waals surface area contributed by atoms with E-state index in [1.165, 1.54) is 12.8 Å². The minimum atomic E-state index is -0.554. The van der Waals surface area contributed by atoms with Gasteiger partial charge in [-0.3, -0.25) is 0 Å². The molecule has 1 atom stereocenters. The molecule has 1 aliphatic heterocycles. The number of nitrogens with one attached hydrogen (secondary N) is 1. The molecule has 19 heavy (non-hydrogen) atoms. The molecule has 0 radical (unpaired) electrons. The van der Waals surface area contributed by atoms with Crippen molar-refractivity contribution < 1.29 is 8.78 Å². The van der Waals surface area contributed by atoms with Gasteiger partial charge < -0.3 is 10.2 Å². The molecular weight excluding hydrogens is 314 g/mol. The fourth-order valence-corrected chi connectivity index (χ4v) is 3.29. The average Bonchev–Trinajstić information content (AvgIpc) is 3.18. The number of anilines is 1. The van der Waals surface area contributed by atoms with E-state index in [0.29, 0.717) is 16.1 Å². The quantitative estimate of drug-likeness (QED) is 0.837. The van der Waals surface area contributed by atoms with Gasteiger partial charge in [0.2, 0.25) is 0 Å². The first-order valence-corrected chi connectivity index (χ1v) is 7.43. The smallest absolute Gasteiger partial charge is 0.149 e. The number of rotatable bonds is 2. The third-order valence-electron chi connectivity index (χ3n) is 4.24. The van der Waals surface area contributed by atoms with Crippen LogP contribution in [0.4, 0.5) is 14.5 Å². The first-order valence-electron chi connectivity index (χ1n) is 6.64. The van der Waals surface area contributed by atoms with Gasteiger partial charge in [-0.25, -0.2) is 8.78 Å². The van der Waals surface area contributed by atoms with Gasteiger partial charge in [-0.05, 0) is 47.7 Å². The van der Waals surface area contributed by atoms with Crippen molar-refractivity contribution in [2.45, 2.75) is 25.3 Å². The zero-order valence-electron chi connectivity index (χ0n) is 10.8. The maximum atomic E-state index is 14.0. The summed E-state index contributed by atoms with van der Waals surface area (Å²) in [4.78, 5) is 2.02. The molecule has 1 aromatic rings. The van der Waals surface area contributed by atoms with Crippen LogP contribution in [0.2, 0.25) is 0 Å². The van der Waals surface area contributed by atoms with E-state index < -0.39 is 11.6 Å². The Morgan fingerprint density at radius 1 is 1.32 bits per heavy atom. The number of hydrogen-bond donors (Lipinski definition) is 1. The van der Waals surface area contributed by atoms with E-state index in [9.17, 15) is 8.78 Å². The standard InChI is InChI=1S/C14H17BrF2N2/c1-14(9-2-3-9)8-19(5-4-18-14)13-6-10(15)11(16)7-12(13)17/h6-7,9,18H,2-5,8H2,1H3. The van der Waals surface area contributed by atoms with Crippen LogP contribution in [-0.4, -0.2) is 25.2 Å². The SMILES string of the molecule is CC1(C2CC2)CN(c2cc(Br)c(F)cc2F)CCN1. The average molecular weight is 331 g/mol. The van der Waals surface area contributed by atoms with Crippen molar-refractivity contribution in [1.29, 1.82) is 0 Å². The van der Waals surface area contributed by atoms with Crippen molar-refractivity contribution in [2.24, 2.45) is 5.92 Å². The molecule has 0 bridgehead atoms. The summed E-state index contributed by atoms with van der Waals surface area (Å²) in [6.07, 6.45) is 2.49. The molecule has 1 unspecified atom stereocenters. The highest BCUT2D eigenvalue weighted by Crippen LogP contribution is 2.41. The zero-order valence-corrected chi connectivity index (χ0v) is 12.4. The van der Waals surface area contributed by atoms with Crippen molar-refractivity contribution in [2.75, 3.05) is 24.5 Å². The predicted molar refractivity (Wildman–Crippen MR) is 75.4 cm³/mol. The molecule has 1 N–H and O–H groups in total. The van der Waals surface area contributed by atoms with E-state index in [4.69, 9.17) is 0 Å². The Balaban J connectivity index is 1.87. The Kier molecular flexibility index (Phi) is 3.29. The van der Waals surface area contributed by atoms with E-state index in [0.717, 1.165) is 25.7 Å². The van der Waals surface area contributed by atoms with Crippen LogP contribution >= 0.6 is 15.9 Å². The summed E-state index contributed by atoms with van der Waals surface area (Å²) in [6, 6.07) is 2.50. The number of nitrogens with zero attached hydrogens (tertiary/aromatic N) is 1. The number of piperazine rings is 1. The summed E-state index contributed by atoms with van der Waals surface area (Å²) in [5, 5.41) is 3.55. The van der Waals surface area contributed by atoms with Crippen molar-refractivity contribution in [1.82, 2.24) is 5.32 Å². The van der Waals surface area contributed by atoms with Gasteiger partial charge in [0.05, 0.1) is 10.2 Å². The van der Waals surface area contributed by atoms with E-state index in [1.54, 1.807) is 6.07 Å². The summed E-state index contributed by atoms with van der Waals surface area (Å²) in [6.45, 7) is 4.55. The molecule has 3 rings (SSSR count). The van der Waals surface area contributed by atoms with Gasteiger partial charge in [-0.1, -0.05) is 0 Å². The second-order valence-electron chi connectivity index (χ2n) is 5.76. The van der Waals surface area contributed by atoms with Crippen LogP contribution in [-0.2, 0) is 0 Å². The van der Waals surface area contributed by atoms with E-state index in [1.807, 2.05) is 4.90 Å². The molecule has 5 heteroatoms. The molecule has 0 amide bonds. The van der Waals surface area contributed by atoms with Gasteiger partial charge in [0.25, 0.3) is 0 Å². The molecule has 104 valence electrons. The fourth-order valence-electron chi connectivity index (χ4n) is 2.96. The lowest BCUT2D eigenvalue weighted by Crippen LogP contribution is -2.60. The highest BCUT2D eigenvalue weighted by atomic mass is 79.9.